The zero-order chi connectivity index (χ0) is 22.6. The Morgan fingerprint density at radius 1 is 0.969 bits per heavy atom. The van der Waals surface area contributed by atoms with Crippen molar-refractivity contribution in [2.75, 3.05) is 57.4 Å². The van der Waals surface area contributed by atoms with Crippen molar-refractivity contribution < 1.29 is 28.5 Å². The van der Waals surface area contributed by atoms with Gasteiger partial charge in [-0.05, 0) is 37.1 Å². The van der Waals surface area contributed by atoms with Crippen molar-refractivity contribution in [3.05, 3.63) is 60.2 Å². The zero-order valence-corrected chi connectivity index (χ0v) is 18.1. The van der Waals surface area contributed by atoms with E-state index >= 15 is 0 Å². The molecule has 0 aliphatic carbocycles. The molecule has 2 aliphatic rings. The first-order valence-corrected chi connectivity index (χ1v) is 11.0. The number of anilines is 1. The van der Waals surface area contributed by atoms with Gasteiger partial charge in [0, 0.05) is 38.8 Å². The Morgan fingerprint density at radius 2 is 1.75 bits per heavy atom. The van der Waals surface area contributed by atoms with Crippen molar-refractivity contribution in [1.29, 1.82) is 0 Å². The monoisotopic (exact) mass is 448 g/mol. The number of β-amino-alcohol motifs (C(OH)–C–C–N with tert-alkyl or cyclic N) is 2. The van der Waals surface area contributed by atoms with Gasteiger partial charge in [-0.1, -0.05) is 18.2 Å². The minimum absolute atomic E-state index is 0.0492. The van der Waals surface area contributed by atoms with E-state index in [1.165, 1.54) is 18.2 Å². The Balaban J connectivity index is 1.34. The molecule has 1 unspecified atom stereocenters. The quantitative estimate of drug-likeness (QED) is 0.708. The maximum atomic E-state index is 14.1. The lowest BCUT2D eigenvalue weighted by Gasteiger charge is -2.42. The number of halogens is 2. The van der Waals surface area contributed by atoms with Gasteiger partial charge in [0.15, 0.2) is 0 Å². The maximum Gasteiger partial charge on any atom is 0.146 e. The number of piperidine rings is 1. The molecule has 0 aromatic heterocycles. The summed E-state index contributed by atoms with van der Waals surface area (Å²) >= 11 is 0. The van der Waals surface area contributed by atoms with E-state index in [4.69, 9.17) is 9.47 Å². The van der Waals surface area contributed by atoms with Crippen LogP contribution in [0, 0.1) is 11.6 Å². The average Bonchev–Trinajstić information content (AvgIpc) is 2.95. The highest BCUT2D eigenvalue weighted by molar-refractivity contribution is 5.48. The van der Waals surface area contributed by atoms with Gasteiger partial charge in [-0.15, -0.1) is 0 Å². The van der Waals surface area contributed by atoms with Crippen LogP contribution in [0.4, 0.5) is 14.5 Å². The summed E-state index contributed by atoms with van der Waals surface area (Å²) in [4.78, 5) is 3.94. The first-order chi connectivity index (χ1) is 15.3. The van der Waals surface area contributed by atoms with Crippen LogP contribution in [-0.4, -0.2) is 78.9 Å². The highest BCUT2D eigenvalue weighted by atomic mass is 19.1. The zero-order valence-electron chi connectivity index (χ0n) is 18.1. The van der Waals surface area contributed by atoms with Crippen LogP contribution >= 0.6 is 0 Å². The highest BCUT2D eigenvalue weighted by Gasteiger charge is 2.39. The number of hydrogen-bond acceptors (Lipinski definition) is 6. The van der Waals surface area contributed by atoms with Crippen LogP contribution < -0.4 is 9.64 Å². The van der Waals surface area contributed by atoms with E-state index in [1.807, 2.05) is 15.9 Å². The second-order valence-corrected chi connectivity index (χ2v) is 8.90. The van der Waals surface area contributed by atoms with Gasteiger partial charge in [-0.3, -0.25) is 4.90 Å². The summed E-state index contributed by atoms with van der Waals surface area (Å²) in [6, 6.07) is 12.5. The summed E-state index contributed by atoms with van der Waals surface area (Å²) in [5.41, 5.74) is -1.66. The van der Waals surface area contributed by atoms with E-state index in [-0.39, 0.29) is 25.6 Å². The van der Waals surface area contributed by atoms with E-state index in [2.05, 4.69) is 0 Å². The van der Waals surface area contributed by atoms with Gasteiger partial charge >= 0.3 is 0 Å². The van der Waals surface area contributed by atoms with Crippen molar-refractivity contribution in [1.82, 2.24) is 4.90 Å². The standard InChI is InChI=1S/C24H30F2N2O4/c25-19-4-3-5-20(14-19)32-18-24(30)16-27(12-13-31-17-24)15-23(29)8-10-28(11-9-23)22-7-2-1-6-21(22)26/h1-7,14,29-30H,8-13,15-18H2. The fourth-order valence-corrected chi connectivity index (χ4v) is 4.44. The van der Waals surface area contributed by atoms with Crippen molar-refractivity contribution >= 4 is 5.69 Å². The third kappa shape index (κ3) is 5.75. The van der Waals surface area contributed by atoms with Gasteiger partial charge in [-0.2, -0.15) is 0 Å². The van der Waals surface area contributed by atoms with Crippen LogP contribution in [-0.2, 0) is 4.74 Å². The van der Waals surface area contributed by atoms with Crippen LogP contribution in [0.25, 0.3) is 0 Å². The van der Waals surface area contributed by atoms with Gasteiger partial charge in [0.25, 0.3) is 0 Å². The summed E-state index contributed by atoms with van der Waals surface area (Å²) in [6.45, 7) is 2.79. The Kier molecular flexibility index (Phi) is 6.95. The third-order valence-corrected chi connectivity index (χ3v) is 6.15. The molecule has 8 heteroatoms. The molecule has 0 spiro atoms. The Hall–Kier alpha value is -2.26. The molecule has 0 bridgehead atoms. The summed E-state index contributed by atoms with van der Waals surface area (Å²) < 4.78 is 38.7. The largest absolute Gasteiger partial charge is 0.490 e. The molecular weight excluding hydrogens is 418 g/mol. The van der Waals surface area contributed by atoms with Crippen molar-refractivity contribution in [2.45, 2.75) is 24.0 Å². The van der Waals surface area contributed by atoms with Crippen LogP contribution in [0.2, 0.25) is 0 Å². The predicted octanol–water partition coefficient (Wildman–Crippen LogP) is 2.44. The molecule has 2 fully saturated rings. The second-order valence-electron chi connectivity index (χ2n) is 8.90. The molecule has 0 amide bonds. The van der Waals surface area contributed by atoms with Gasteiger partial charge in [0.1, 0.15) is 29.6 Å². The fourth-order valence-electron chi connectivity index (χ4n) is 4.44. The molecule has 2 aromatic rings. The molecule has 2 N–H and O–H groups in total. The molecule has 2 heterocycles. The summed E-state index contributed by atoms with van der Waals surface area (Å²) in [5.74, 6) is -0.323. The summed E-state index contributed by atoms with van der Waals surface area (Å²) in [7, 11) is 0. The van der Waals surface area contributed by atoms with Crippen LogP contribution in [0.3, 0.4) is 0 Å². The third-order valence-electron chi connectivity index (χ3n) is 6.15. The lowest BCUT2D eigenvalue weighted by atomic mass is 9.90. The molecule has 6 nitrogen and oxygen atoms in total. The van der Waals surface area contributed by atoms with Crippen LogP contribution in [0.5, 0.6) is 5.75 Å². The molecule has 1 atom stereocenters. The molecular formula is C24H30F2N2O4. The van der Waals surface area contributed by atoms with E-state index in [1.54, 1.807) is 24.3 Å². The van der Waals surface area contributed by atoms with Crippen molar-refractivity contribution in [3.63, 3.8) is 0 Å². The van der Waals surface area contributed by atoms with E-state index < -0.39 is 17.0 Å². The lowest BCUT2D eigenvalue weighted by Crippen LogP contribution is -2.55. The van der Waals surface area contributed by atoms with E-state index in [9.17, 15) is 19.0 Å². The number of hydrogen-bond donors (Lipinski definition) is 2. The van der Waals surface area contributed by atoms with Crippen molar-refractivity contribution in [3.8, 4) is 5.75 Å². The summed E-state index contributed by atoms with van der Waals surface area (Å²) in [6.07, 6.45) is 0.994. The first kappa shape index (κ1) is 22.9. The SMILES string of the molecule is OC1(CN2CCOCC(O)(COc3cccc(F)c3)C2)CCN(c2ccccc2F)CC1. The molecule has 32 heavy (non-hydrogen) atoms. The first-order valence-electron chi connectivity index (χ1n) is 11.0. The van der Waals surface area contributed by atoms with Gasteiger partial charge in [0.2, 0.25) is 0 Å². The van der Waals surface area contributed by atoms with Crippen molar-refractivity contribution in [2.24, 2.45) is 0 Å². The molecule has 0 radical (unpaired) electrons. The van der Waals surface area contributed by atoms with Gasteiger partial charge < -0.3 is 24.6 Å². The number of para-hydroxylation sites is 1. The lowest BCUT2D eigenvalue weighted by molar-refractivity contribution is -0.0743. The highest BCUT2D eigenvalue weighted by Crippen LogP contribution is 2.29. The molecule has 4 rings (SSSR count). The number of nitrogens with zero attached hydrogens (tertiary/aromatic N) is 2. The minimum atomic E-state index is -1.28. The van der Waals surface area contributed by atoms with Gasteiger partial charge in [-0.25, -0.2) is 8.78 Å². The van der Waals surface area contributed by atoms with E-state index in [0.717, 1.165) is 0 Å². The molecule has 2 saturated heterocycles. The van der Waals surface area contributed by atoms with E-state index in [0.29, 0.717) is 57.1 Å². The minimum Gasteiger partial charge on any atom is -0.490 e. The smallest absolute Gasteiger partial charge is 0.146 e. The Labute approximate surface area is 187 Å². The predicted molar refractivity (Wildman–Crippen MR) is 117 cm³/mol. The van der Waals surface area contributed by atoms with Crippen LogP contribution in [0.1, 0.15) is 12.8 Å². The molecule has 2 aliphatic heterocycles. The molecule has 174 valence electrons. The molecule has 2 aromatic carbocycles. The summed E-state index contributed by atoms with van der Waals surface area (Å²) in [5, 5.41) is 22.3. The Bertz CT molecular complexity index is 907. The number of benzene rings is 2. The van der Waals surface area contributed by atoms with Gasteiger partial charge in [0.05, 0.1) is 24.5 Å². The second kappa shape index (κ2) is 9.70. The molecule has 0 saturated carbocycles. The number of aliphatic hydroxyl groups is 2. The number of ether oxygens (including phenoxy) is 2. The normalized spacial score (nSPS) is 24.2. The topological polar surface area (TPSA) is 65.4 Å². The average molecular weight is 449 g/mol. The fraction of sp³-hybridized carbons (Fsp3) is 0.500. The number of rotatable bonds is 6. The van der Waals surface area contributed by atoms with Crippen LogP contribution in [0.15, 0.2) is 48.5 Å². The Morgan fingerprint density at radius 3 is 2.50 bits per heavy atom. The maximum absolute atomic E-state index is 14.1.